The van der Waals surface area contributed by atoms with Gasteiger partial charge in [0.1, 0.15) is 0 Å². The predicted molar refractivity (Wildman–Crippen MR) is 70.2 cm³/mol. The molecule has 0 aliphatic heterocycles. The Morgan fingerprint density at radius 3 is 2.78 bits per heavy atom. The molecule has 5 heteroatoms. The third-order valence-corrected chi connectivity index (χ3v) is 4.29. The first-order chi connectivity index (χ1) is 8.57. The number of nitrogens with one attached hydrogen (secondary N) is 1. The maximum Gasteiger partial charge on any atom is 0.237 e. The molecule has 104 valence electrons. The van der Waals surface area contributed by atoms with Crippen molar-refractivity contribution in [1.29, 1.82) is 0 Å². The Bertz CT molecular complexity index is 307. The Balaban J connectivity index is 1.92. The van der Waals surface area contributed by atoms with Crippen LogP contribution in [0.15, 0.2) is 0 Å². The fraction of sp³-hybridized carbons (Fsp3) is 0.923. The molecule has 3 N–H and O–H groups in total. The zero-order chi connectivity index (χ0) is 13.2. The summed E-state index contributed by atoms with van der Waals surface area (Å²) in [6.45, 7) is 1.63. The third kappa shape index (κ3) is 3.02. The van der Waals surface area contributed by atoms with E-state index in [4.69, 9.17) is 10.5 Å². The summed E-state index contributed by atoms with van der Waals surface area (Å²) in [5, 5.41) is 3.47. The number of hydrogen-bond acceptors (Lipinski definition) is 4. The van der Waals surface area contributed by atoms with Crippen LogP contribution < -0.4 is 11.1 Å². The summed E-state index contributed by atoms with van der Waals surface area (Å²) in [6, 6.07) is 0.944. The van der Waals surface area contributed by atoms with Gasteiger partial charge in [-0.15, -0.1) is 0 Å². The van der Waals surface area contributed by atoms with E-state index in [1.807, 2.05) is 0 Å². The third-order valence-electron chi connectivity index (χ3n) is 4.29. The molecule has 0 radical (unpaired) electrons. The summed E-state index contributed by atoms with van der Waals surface area (Å²) in [4.78, 5) is 14.1. The molecule has 0 aromatic carbocycles. The minimum atomic E-state index is -0.465. The molecule has 2 fully saturated rings. The van der Waals surface area contributed by atoms with Crippen LogP contribution in [-0.4, -0.2) is 55.7 Å². The number of ether oxygens (including phenoxy) is 1. The number of methoxy groups -OCH3 is 1. The minimum Gasteiger partial charge on any atom is -0.383 e. The van der Waals surface area contributed by atoms with Gasteiger partial charge < -0.3 is 20.7 Å². The number of carbonyl (C=O) groups excluding carboxylic acids is 1. The highest BCUT2D eigenvalue weighted by molar-refractivity contribution is 5.85. The Hall–Kier alpha value is -0.650. The maximum absolute atomic E-state index is 11.8. The Morgan fingerprint density at radius 2 is 2.22 bits per heavy atom. The first-order valence-electron chi connectivity index (χ1n) is 6.84. The lowest BCUT2D eigenvalue weighted by Gasteiger charge is -2.29. The van der Waals surface area contributed by atoms with Crippen molar-refractivity contribution in [1.82, 2.24) is 10.2 Å². The number of amides is 1. The smallest absolute Gasteiger partial charge is 0.237 e. The molecule has 0 spiro atoms. The van der Waals surface area contributed by atoms with Gasteiger partial charge in [-0.05, 0) is 39.2 Å². The summed E-state index contributed by atoms with van der Waals surface area (Å²) >= 11 is 0. The number of nitrogens with two attached hydrogens (primary N) is 1. The van der Waals surface area contributed by atoms with E-state index in [2.05, 4.69) is 17.3 Å². The lowest BCUT2D eigenvalue weighted by atomic mass is 9.96. The van der Waals surface area contributed by atoms with E-state index in [1.54, 1.807) is 7.11 Å². The van der Waals surface area contributed by atoms with Gasteiger partial charge >= 0.3 is 0 Å². The molecule has 2 aliphatic rings. The molecular weight excluding hydrogens is 230 g/mol. The van der Waals surface area contributed by atoms with E-state index < -0.39 is 5.54 Å². The topological polar surface area (TPSA) is 67.6 Å². The van der Waals surface area contributed by atoms with Gasteiger partial charge in [-0.25, -0.2) is 0 Å². The molecule has 1 amide bonds. The number of carbonyl (C=O) groups is 1. The Kier molecular flexibility index (Phi) is 4.25. The fourth-order valence-electron chi connectivity index (χ4n) is 2.86. The van der Waals surface area contributed by atoms with Crippen molar-refractivity contribution >= 4 is 5.91 Å². The largest absolute Gasteiger partial charge is 0.383 e. The molecular formula is C13H25N3O2. The normalized spacial score (nSPS) is 32.1. The maximum atomic E-state index is 11.8. The summed E-state index contributed by atoms with van der Waals surface area (Å²) in [6.07, 6.45) is 5.08. The summed E-state index contributed by atoms with van der Waals surface area (Å²) in [5.41, 5.74) is 5.16. The van der Waals surface area contributed by atoms with Gasteiger partial charge in [-0.2, -0.15) is 0 Å². The van der Waals surface area contributed by atoms with Crippen LogP contribution in [-0.2, 0) is 9.53 Å². The Labute approximate surface area is 109 Å². The minimum absolute atomic E-state index is 0.183. The van der Waals surface area contributed by atoms with Crippen LogP contribution in [0.25, 0.3) is 0 Å². The number of rotatable bonds is 7. The molecule has 5 nitrogen and oxygen atoms in total. The van der Waals surface area contributed by atoms with Gasteiger partial charge in [0.25, 0.3) is 0 Å². The molecule has 2 aliphatic carbocycles. The van der Waals surface area contributed by atoms with Crippen LogP contribution in [0.1, 0.15) is 32.1 Å². The summed E-state index contributed by atoms with van der Waals surface area (Å²) < 4.78 is 5.10. The molecule has 2 unspecified atom stereocenters. The molecule has 0 aromatic heterocycles. The second-order valence-electron chi connectivity index (χ2n) is 5.73. The molecule has 0 saturated heterocycles. The van der Waals surface area contributed by atoms with E-state index in [0.29, 0.717) is 12.1 Å². The Morgan fingerprint density at radius 1 is 1.50 bits per heavy atom. The van der Waals surface area contributed by atoms with E-state index in [0.717, 1.165) is 32.4 Å². The van der Waals surface area contributed by atoms with Crippen LogP contribution in [0, 0.1) is 0 Å². The average Bonchev–Trinajstić information content (AvgIpc) is 3.03. The second kappa shape index (κ2) is 5.55. The predicted octanol–water partition coefficient (Wildman–Crippen LogP) is 0.0932. The highest BCUT2D eigenvalue weighted by Crippen LogP contribution is 2.35. The first kappa shape index (κ1) is 13.8. The zero-order valence-corrected chi connectivity index (χ0v) is 11.4. The van der Waals surface area contributed by atoms with Gasteiger partial charge in [0.2, 0.25) is 5.91 Å². The lowest BCUT2D eigenvalue weighted by molar-refractivity contribution is -0.124. The molecule has 18 heavy (non-hydrogen) atoms. The van der Waals surface area contributed by atoms with Crippen molar-refractivity contribution in [2.75, 3.05) is 27.3 Å². The van der Waals surface area contributed by atoms with Crippen molar-refractivity contribution in [3.8, 4) is 0 Å². The average molecular weight is 255 g/mol. The van der Waals surface area contributed by atoms with Crippen molar-refractivity contribution < 1.29 is 9.53 Å². The number of primary amides is 1. The van der Waals surface area contributed by atoms with Gasteiger partial charge in [-0.1, -0.05) is 0 Å². The first-order valence-corrected chi connectivity index (χ1v) is 6.84. The van der Waals surface area contributed by atoms with E-state index in [9.17, 15) is 4.79 Å². The fourth-order valence-corrected chi connectivity index (χ4v) is 2.86. The zero-order valence-electron chi connectivity index (χ0n) is 11.4. The van der Waals surface area contributed by atoms with E-state index in [1.165, 1.54) is 12.8 Å². The quantitative estimate of drug-likeness (QED) is 0.677. The highest BCUT2D eigenvalue weighted by atomic mass is 16.5. The molecule has 0 aromatic rings. The molecule has 0 bridgehead atoms. The van der Waals surface area contributed by atoms with Crippen molar-refractivity contribution in [2.45, 2.75) is 49.7 Å². The van der Waals surface area contributed by atoms with Crippen LogP contribution in [0.2, 0.25) is 0 Å². The lowest BCUT2D eigenvalue weighted by Crippen LogP contribution is -2.55. The molecule has 2 rings (SSSR count). The van der Waals surface area contributed by atoms with Crippen LogP contribution in [0.5, 0.6) is 0 Å². The van der Waals surface area contributed by atoms with Crippen molar-refractivity contribution in [3.63, 3.8) is 0 Å². The molecule has 2 atom stereocenters. The highest BCUT2D eigenvalue weighted by Gasteiger charge is 2.47. The van der Waals surface area contributed by atoms with Gasteiger partial charge in [0.05, 0.1) is 12.1 Å². The number of nitrogens with zero attached hydrogens (tertiary/aromatic N) is 1. The van der Waals surface area contributed by atoms with E-state index in [-0.39, 0.29) is 5.91 Å². The van der Waals surface area contributed by atoms with Gasteiger partial charge in [0, 0.05) is 25.7 Å². The van der Waals surface area contributed by atoms with Gasteiger partial charge in [0.15, 0.2) is 0 Å². The van der Waals surface area contributed by atoms with Crippen molar-refractivity contribution in [2.24, 2.45) is 5.73 Å². The van der Waals surface area contributed by atoms with Gasteiger partial charge in [-0.3, -0.25) is 4.79 Å². The van der Waals surface area contributed by atoms with Crippen LogP contribution >= 0.6 is 0 Å². The number of likely N-dealkylation sites (N-methyl/N-ethyl adjacent to an activating group) is 1. The molecule has 2 saturated carbocycles. The van der Waals surface area contributed by atoms with Crippen LogP contribution in [0.4, 0.5) is 0 Å². The second-order valence-corrected chi connectivity index (χ2v) is 5.73. The summed E-state index contributed by atoms with van der Waals surface area (Å²) in [7, 11) is 3.81. The van der Waals surface area contributed by atoms with Crippen LogP contribution in [0.3, 0.4) is 0 Å². The summed E-state index contributed by atoms with van der Waals surface area (Å²) in [5.74, 6) is -0.183. The SMILES string of the molecule is COCCN(C)C1CCC(NC2CC2)(C(N)=O)C1. The van der Waals surface area contributed by atoms with Crippen molar-refractivity contribution in [3.05, 3.63) is 0 Å². The number of hydrogen-bond donors (Lipinski definition) is 2. The standard InChI is InChI=1S/C13H25N3O2/c1-16(7-8-18-2)11-5-6-13(9-11,12(14)17)15-10-3-4-10/h10-11,15H,3-9H2,1-2H3,(H2,14,17). The monoisotopic (exact) mass is 255 g/mol. The molecule has 0 heterocycles. The van der Waals surface area contributed by atoms with E-state index >= 15 is 0 Å².